The molecule has 0 N–H and O–H groups in total. The first-order chi connectivity index (χ1) is 9.37. The fraction of sp³-hybridized carbons (Fsp3) is 0.385. The van der Waals surface area contributed by atoms with E-state index in [1.807, 2.05) is 0 Å². The quantitative estimate of drug-likeness (QED) is 0.457. The Hall–Kier alpha value is -1.50. The van der Waals surface area contributed by atoms with Crippen LogP contribution in [0.5, 0.6) is 0 Å². The molecule has 3 nitrogen and oxygen atoms in total. The highest BCUT2D eigenvalue weighted by Gasteiger charge is 2.31. The molecule has 0 saturated carbocycles. The van der Waals surface area contributed by atoms with Crippen LogP contribution in [0.4, 0.5) is 13.2 Å². The summed E-state index contributed by atoms with van der Waals surface area (Å²) in [5, 5.41) is 0. The number of aldehydes is 1. The summed E-state index contributed by atoms with van der Waals surface area (Å²) < 4.78 is 42.1. The number of benzene rings is 1. The van der Waals surface area contributed by atoms with Gasteiger partial charge in [-0.3, -0.25) is 0 Å². The van der Waals surface area contributed by atoms with Crippen LogP contribution in [0.1, 0.15) is 29.3 Å². The third-order valence-corrected chi connectivity index (χ3v) is 3.12. The maximum absolute atomic E-state index is 12.4. The fourth-order valence-corrected chi connectivity index (χ4v) is 2.18. The Morgan fingerprint density at radius 1 is 1.40 bits per heavy atom. The van der Waals surface area contributed by atoms with Gasteiger partial charge in [-0.25, -0.2) is 4.79 Å². The standard InChI is InChI=1S/C13H13F3O3S/c1-2-19-12(18)10-8-9(4-3-7-17)5-6-11(10)20-13(14,15)16/h5-8H,2-4H2,1H3. The van der Waals surface area contributed by atoms with Crippen molar-refractivity contribution >= 4 is 24.0 Å². The second-order valence-electron chi connectivity index (χ2n) is 3.80. The van der Waals surface area contributed by atoms with Gasteiger partial charge in [-0.05, 0) is 42.8 Å². The molecule has 0 aliphatic carbocycles. The first kappa shape index (κ1) is 16.6. The van der Waals surface area contributed by atoms with Gasteiger partial charge in [-0.15, -0.1) is 0 Å². The topological polar surface area (TPSA) is 43.4 Å². The molecule has 1 aromatic carbocycles. The summed E-state index contributed by atoms with van der Waals surface area (Å²) in [7, 11) is 0. The minimum absolute atomic E-state index is 0.0769. The van der Waals surface area contributed by atoms with Crippen LogP contribution < -0.4 is 0 Å². The average Bonchev–Trinajstić information content (AvgIpc) is 2.36. The van der Waals surface area contributed by atoms with E-state index in [4.69, 9.17) is 4.74 Å². The zero-order valence-corrected chi connectivity index (χ0v) is 11.5. The molecule has 7 heteroatoms. The number of halogens is 3. The van der Waals surface area contributed by atoms with E-state index in [1.54, 1.807) is 6.92 Å². The summed E-state index contributed by atoms with van der Waals surface area (Å²) in [4.78, 5) is 21.8. The summed E-state index contributed by atoms with van der Waals surface area (Å²) in [5.74, 6) is -0.799. The average molecular weight is 306 g/mol. The maximum Gasteiger partial charge on any atom is 0.446 e. The van der Waals surface area contributed by atoms with Crippen molar-refractivity contribution in [3.8, 4) is 0 Å². The lowest BCUT2D eigenvalue weighted by atomic mass is 10.1. The molecule has 1 aromatic rings. The van der Waals surface area contributed by atoms with Crippen LogP contribution in [0.25, 0.3) is 0 Å². The van der Waals surface area contributed by atoms with Crippen molar-refractivity contribution in [1.29, 1.82) is 0 Å². The molecule has 0 aromatic heterocycles. The van der Waals surface area contributed by atoms with Crippen LogP contribution in [0.3, 0.4) is 0 Å². The Morgan fingerprint density at radius 3 is 2.65 bits per heavy atom. The van der Waals surface area contributed by atoms with E-state index in [0.29, 0.717) is 18.3 Å². The maximum atomic E-state index is 12.4. The van der Waals surface area contributed by atoms with Crippen molar-refractivity contribution in [1.82, 2.24) is 0 Å². The second-order valence-corrected chi connectivity index (χ2v) is 4.91. The Kier molecular flexibility index (Phi) is 6.06. The van der Waals surface area contributed by atoms with Gasteiger partial charge in [0.1, 0.15) is 6.29 Å². The van der Waals surface area contributed by atoms with Gasteiger partial charge in [-0.2, -0.15) is 13.2 Å². The number of aryl methyl sites for hydroxylation is 1. The van der Waals surface area contributed by atoms with Crippen LogP contribution in [0.2, 0.25) is 0 Å². The first-order valence-electron chi connectivity index (χ1n) is 5.86. The van der Waals surface area contributed by atoms with Crippen LogP contribution in [0.15, 0.2) is 23.1 Å². The lowest BCUT2D eigenvalue weighted by Gasteiger charge is -2.12. The molecule has 110 valence electrons. The number of hydrogen-bond acceptors (Lipinski definition) is 4. The normalized spacial score (nSPS) is 11.2. The highest BCUT2D eigenvalue weighted by atomic mass is 32.2. The fourth-order valence-electron chi connectivity index (χ4n) is 1.54. The lowest BCUT2D eigenvalue weighted by molar-refractivity contribution is -0.107. The summed E-state index contributed by atoms with van der Waals surface area (Å²) in [6, 6.07) is 4.04. The van der Waals surface area contributed by atoms with E-state index < -0.39 is 11.5 Å². The summed E-state index contributed by atoms with van der Waals surface area (Å²) >= 11 is -0.356. The molecule has 0 aliphatic heterocycles. The molecule has 0 bridgehead atoms. The van der Waals surface area contributed by atoms with Crippen molar-refractivity contribution in [2.45, 2.75) is 30.2 Å². The van der Waals surface area contributed by atoms with Gasteiger partial charge >= 0.3 is 11.5 Å². The van der Waals surface area contributed by atoms with E-state index in [9.17, 15) is 22.8 Å². The van der Waals surface area contributed by atoms with Crippen molar-refractivity contribution in [3.63, 3.8) is 0 Å². The van der Waals surface area contributed by atoms with Crippen LogP contribution in [-0.4, -0.2) is 24.4 Å². The molecule has 0 spiro atoms. The van der Waals surface area contributed by atoms with Gasteiger partial charge < -0.3 is 9.53 Å². The van der Waals surface area contributed by atoms with Gasteiger partial charge in [0.2, 0.25) is 0 Å². The predicted molar refractivity (Wildman–Crippen MR) is 68.7 cm³/mol. The highest BCUT2D eigenvalue weighted by molar-refractivity contribution is 8.00. The van der Waals surface area contributed by atoms with E-state index in [1.165, 1.54) is 18.2 Å². The zero-order valence-electron chi connectivity index (χ0n) is 10.7. The van der Waals surface area contributed by atoms with Gasteiger partial charge in [0.25, 0.3) is 0 Å². The molecule has 0 fully saturated rings. The lowest BCUT2D eigenvalue weighted by Crippen LogP contribution is -2.09. The predicted octanol–water partition coefficient (Wildman–Crippen LogP) is 3.61. The van der Waals surface area contributed by atoms with Crippen LogP contribution >= 0.6 is 11.8 Å². The van der Waals surface area contributed by atoms with Gasteiger partial charge in [0.05, 0.1) is 12.2 Å². The monoisotopic (exact) mass is 306 g/mol. The molecular formula is C13H13F3O3S. The summed E-state index contributed by atoms with van der Waals surface area (Å²) in [6.45, 7) is 1.65. The Morgan fingerprint density at radius 2 is 2.10 bits per heavy atom. The number of thioether (sulfide) groups is 1. The third kappa shape index (κ3) is 5.24. The SMILES string of the molecule is CCOC(=O)c1cc(CCC=O)ccc1SC(F)(F)F. The molecule has 0 atom stereocenters. The number of esters is 1. The van der Waals surface area contributed by atoms with Crippen molar-refractivity contribution < 1.29 is 27.5 Å². The second kappa shape index (κ2) is 7.33. The molecular weight excluding hydrogens is 293 g/mol. The summed E-state index contributed by atoms with van der Waals surface area (Å²) in [5.41, 5.74) is -3.99. The molecule has 1 rings (SSSR count). The van der Waals surface area contributed by atoms with Gasteiger partial charge in [0.15, 0.2) is 0 Å². The van der Waals surface area contributed by atoms with Gasteiger partial charge in [0, 0.05) is 11.3 Å². The number of ether oxygens (including phenoxy) is 1. The van der Waals surface area contributed by atoms with E-state index in [0.717, 1.165) is 0 Å². The van der Waals surface area contributed by atoms with E-state index >= 15 is 0 Å². The number of rotatable bonds is 6. The van der Waals surface area contributed by atoms with Crippen molar-refractivity contribution in [3.05, 3.63) is 29.3 Å². The molecule has 0 radical (unpaired) electrons. The Bertz CT molecular complexity index is 486. The number of hydrogen-bond donors (Lipinski definition) is 0. The first-order valence-corrected chi connectivity index (χ1v) is 6.68. The van der Waals surface area contributed by atoms with Crippen LogP contribution in [-0.2, 0) is 16.0 Å². The van der Waals surface area contributed by atoms with Crippen LogP contribution in [0, 0.1) is 0 Å². The molecule has 0 saturated heterocycles. The minimum atomic E-state index is -4.48. The minimum Gasteiger partial charge on any atom is -0.462 e. The molecule has 0 unspecified atom stereocenters. The molecule has 0 aliphatic rings. The van der Waals surface area contributed by atoms with Crippen molar-refractivity contribution in [2.24, 2.45) is 0 Å². The number of carbonyl (C=O) groups excluding carboxylic acids is 2. The van der Waals surface area contributed by atoms with E-state index in [2.05, 4.69) is 0 Å². The zero-order chi connectivity index (χ0) is 15.2. The molecule has 20 heavy (non-hydrogen) atoms. The summed E-state index contributed by atoms with van der Waals surface area (Å²) in [6.07, 6.45) is 1.32. The van der Waals surface area contributed by atoms with Crippen molar-refractivity contribution in [2.75, 3.05) is 6.61 Å². The van der Waals surface area contributed by atoms with Gasteiger partial charge in [-0.1, -0.05) is 6.07 Å². The van der Waals surface area contributed by atoms with E-state index in [-0.39, 0.29) is 35.2 Å². The highest BCUT2D eigenvalue weighted by Crippen LogP contribution is 2.39. The number of alkyl halides is 3. The Labute approximate surface area is 118 Å². The number of carbonyl (C=O) groups is 2. The third-order valence-electron chi connectivity index (χ3n) is 2.32. The largest absolute Gasteiger partial charge is 0.462 e. The molecule has 0 heterocycles. The molecule has 0 amide bonds. The smallest absolute Gasteiger partial charge is 0.446 e. The Balaban J connectivity index is 3.09.